The Hall–Kier alpha value is -1.75. The molecule has 0 saturated carbocycles. The van der Waals surface area contributed by atoms with Crippen LogP contribution in [0.4, 0.5) is 5.13 Å². The average Bonchev–Trinajstić information content (AvgIpc) is 2.81. The molecule has 0 bridgehead atoms. The van der Waals surface area contributed by atoms with Gasteiger partial charge in [0.05, 0.1) is 11.3 Å². The molecule has 0 atom stereocenters. The zero-order valence-electron chi connectivity index (χ0n) is 10.8. The summed E-state index contributed by atoms with van der Waals surface area (Å²) in [7, 11) is 0. The van der Waals surface area contributed by atoms with Crippen LogP contribution in [0, 0.1) is 6.92 Å². The third-order valence-corrected chi connectivity index (χ3v) is 4.31. The summed E-state index contributed by atoms with van der Waals surface area (Å²) in [5.41, 5.74) is 2.63. The number of aromatic nitrogens is 2. The van der Waals surface area contributed by atoms with Crippen molar-refractivity contribution in [3.8, 4) is 0 Å². The summed E-state index contributed by atoms with van der Waals surface area (Å²) in [6.07, 6.45) is 6.15. The van der Waals surface area contributed by atoms with Crippen LogP contribution < -0.4 is 5.32 Å². The third kappa shape index (κ3) is 2.66. The predicted molar refractivity (Wildman–Crippen MR) is 75.7 cm³/mol. The lowest BCUT2D eigenvalue weighted by Crippen LogP contribution is -2.12. The maximum absolute atomic E-state index is 12.1. The van der Waals surface area contributed by atoms with E-state index in [0.29, 0.717) is 10.7 Å². The normalized spacial score (nSPS) is 13.9. The highest BCUT2D eigenvalue weighted by molar-refractivity contribution is 7.15. The molecule has 1 amide bonds. The highest BCUT2D eigenvalue weighted by Crippen LogP contribution is 2.29. The molecule has 98 valence electrons. The molecule has 1 N–H and O–H groups in total. The van der Waals surface area contributed by atoms with Gasteiger partial charge in [0.1, 0.15) is 0 Å². The van der Waals surface area contributed by atoms with E-state index in [1.165, 1.54) is 17.7 Å². The highest BCUT2D eigenvalue weighted by atomic mass is 32.1. The smallest absolute Gasteiger partial charge is 0.259 e. The maximum atomic E-state index is 12.1. The number of thiazole rings is 1. The second kappa shape index (κ2) is 5.09. The Morgan fingerprint density at radius 3 is 2.89 bits per heavy atom. The molecule has 1 aliphatic rings. The Bertz CT molecular complexity index is 580. The van der Waals surface area contributed by atoms with E-state index >= 15 is 0 Å². The van der Waals surface area contributed by atoms with Crippen molar-refractivity contribution in [1.29, 1.82) is 0 Å². The molecule has 0 aromatic carbocycles. The van der Waals surface area contributed by atoms with Crippen molar-refractivity contribution in [1.82, 2.24) is 9.97 Å². The zero-order chi connectivity index (χ0) is 13.2. The van der Waals surface area contributed by atoms with Crippen LogP contribution in [0.1, 0.15) is 39.5 Å². The molecule has 0 aliphatic heterocycles. The molecular formula is C14H15N3OS. The summed E-state index contributed by atoms with van der Waals surface area (Å²) < 4.78 is 0. The van der Waals surface area contributed by atoms with Gasteiger partial charge in [0.25, 0.3) is 5.91 Å². The third-order valence-electron chi connectivity index (χ3n) is 3.24. The number of hydrogen-bond donors (Lipinski definition) is 1. The Labute approximate surface area is 115 Å². The molecule has 19 heavy (non-hydrogen) atoms. The van der Waals surface area contributed by atoms with Crippen LogP contribution in [0.2, 0.25) is 0 Å². The first-order valence-electron chi connectivity index (χ1n) is 6.45. The topological polar surface area (TPSA) is 54.9 Å². The average molecular weight is 273 g/mol. The largest absolute Gasteiger partial charge is 0.298 e. The minimum atomic E-state index is -0.140. The number of anilines is 1. The Morgan fingerprint density at radius 1 is 1.32 bits per heavy atom. The van der Waals surface area contributed by atoms with Crippen LogP contribution in [0.15, 0.2) is 18.3 Å². The standard InChI is InChI=1S/C14H15N3OS/c1-9-6-7-10(8-15-9)13(18)17-14-16-11-4-2-3-5-12(11)19-14/h6-8H,2-5H2,1H3,(H,16,17,18). The Morgan fingerprint density at radius 2 is 2.16 bits per heavy atom. The van der Waals surface area contributed by atoms with Crippen molar-refractivity contribution in [2.75, 3.05) is 5.32 Å². The number of aryl methyl sites for hydroxylation is 3. The fourth-order valence-electron chi connectivity index (χ4n) is 2.18. The van der Waals surface area contributed by atoms with Crippen molar-refractivity contribution in [3.63, 3.8) is 0 Å². The molecule has 0 radical (unpaired) electrons. The summed E-state index contributed by atoms with van der Waals surface area (Å²) in [6, 6.07) is 3.62. The summed E-state index contributed by atoms with van der Waals surface area (Å²) >= 11 is 1.60. The van der Waals surface area contributed by atoms with Gasteiger partial charge >= 0.3 is 0 Å². The second-order valence-corrected chi connectivity index (χ2v) is 5.82. The molecule has 0 spiro atoms. The van der Waals surface area contributed by atoms with E-state index in [4.69, 9.17) is 0 Å². The number of hydrogen-bond acceptors (Lipinski definition) is 4. The molecule has 2 aromatic rings. The highest BCUT2D eigenvalue weighted by Gasteiger charge is 2.16. The van der Waals surface area contributed by atoms with E-state index in [0.717, 1.165) is 24.2 Å². The molecule has 0 saturated heterocycles. The van der Waals surface area contributed by atoms with Gasteiger partial charge < -0.3 is 0 Å². The number of carbonyl (C=O) groups excluding carboxylic acids is 1. The lowest BCUT2D eigenvalue weighted by atomic mass is 10.0. The first kappa shape index (κ1) is 12.3. The van der Waals surface area contributed by atoms with Crippen LogP contribution in [-0.2, 0) is 12.8 Å². The van der Waals surface area contributed by atoms with Crippen molar-refractivity contribution in [3.05, 3.63) is 40.2 Å². The van der Waals surface area contributed by atoms with Crippen molar-refractivity contribution in [2.24, 2.45) is 0 Å². The second-order valence-electron chi connectivity index (χ2n) is 4.74. The fraction of sp³-hybridized carbons (Fsp3) is 0.357. The van der Waals surface area contributed by atoms with Crippen LogP contribution in [-0.4, -0.2) is 15.9 Å². The molecule has 5 heteroatoms. The molecule has 1 aliphatic carbocycles. The number of rotatable bonds is 2. The van der Waals surface area contributed by atoms with Gasteiger partial charge in [0.2, 0.25) is 0 Å². The van der Waals surface area contributed by atoms with Gasteiger partial charge in [-0.25, -0.2) is 4.98 Å². The lowest BCUT2D eigenvalue weighted by Gasteiger charge is -2.06. The summed E-state index contributed by atoms with van der Waals surface area (Å²) in [4.78, 5) is 22.0. The Balaban J connectivity index is 1.75. The Kier molecular flexibility index (Phi) is 3.29. The van der Waals surface area contributed by atoms with E-state index in [1.807, 2.05) is 13.0 Å². The van der Waals surface area contributed by atoms with Gasteiger partial charge in [-0.3, -0.25) is 15.1 Å². The number of pyridine rings is 1. The van der Waals surface area contributed by atoms with Gasteiger partial charge in [-0.1, -0.05) is 0 Å². The van der Waals surface area contributed by atoms with E-state index in [9.17, 15) is 4.79 Å². The fourth-order valence-corrected chi connectivity index (χ4v) is 3.22. The van der Waals surface area contributed by atoms with E-state index in [2.05, 4.69) is 15.3 Å². The van der Waals surface area contributed by atoms with Gasteiger partial charge in [-0.05, 0) is 44.7 Å². The quantitative estimate of drug-likeness (QED) is 0.915. The molecule has 2 heterocycles. The van der Waals surface area contributed by atoms with Crippen LogP contribution >= 0.6 is 11.3 Å². The first-order valence-corrected chi connectivity index (χ1v) is 7.26. The first-order chi connectivity index (χ1) is 9.22. The number of nitrogens with one attached hydrogen (secondary N) is 1. The summed E-state index contributed by atoms with van der Waals surface area (Å²) in [5.74, 6) is -0.140. The minimum Gasteiger partial charge on any atom is -0.298 e. The van der Waals surface area contributed by atoms with Crippen molar-refractivity contribution in [2.45, 2.75) is 32.6 Å². The van der Waals surface area contributed by atoms with Gasteiger partial charge in [-0.15, -0.1) is 11.3 Å². The molecular weight excluding hydrogens is 258 g/mol. The van der Waals surface area contributed by atoms with Crippen LogP contribution in [0.5, 0.6) is 0 Å². The van der Waals surface area contributed by atoms with Crippen LogP contribution in [0.25, 0.3) is 0 Å². The number of carbonyl (C=O) groups is 1. The minimum absolute atomic E-state index is 0.140. The molecule has 0 unspecified atom stereocenters. The van der Waals surface area contributed by atoms with Crippen molar-refractivity contribution < 1.29 is 4.79 Å². The van der Waals surface area contributed by atoms with E-state index in [-0.39, 0.29) is 5.91 Å². The number of amides is 1. The summed E-state index contributed by atoms with van der Waals surface area (Å²) in [6.45, 7) is 1.90. The van der Waals surface area contributed by atoms with Crippen molar-refractivity contribution >= 4 is 22.4 Å². The molecule has 4 nitrogen and oxygen atoms in total. The van der Waals surface area contributed by atoms with Crippen LogP contribution in [0.3, 0.4) is 0 Å². The summed E-state index contributed by atoms with van der Waals surface area (Å²) in [5, 5.41) is 3.57. The SMILES string of the molecule is Cc1ccc(C(=O)Nc2nc3c(s2)CCCC3)cn1. The monoisotopic (exact) mass is 273 g/mol. The number of fused-ring (bicyclic) bond motifs is 1. The molecule has 3 rings (SSSR count). The lowest BCUT2D eigenvalue weighted by molar-refractivity contribution is 0.102. The van der Waals surface area contributed by atoms with Gasteiger partial charge in [0.15, 0.2) is 5.13 Å². The van der Waals surface area contributed by atoms with Gasteiger partial charge in [-0.2, -0.15) is 0 Å². The van der Waals surface area contributed by atoms with Gasteiger partial charge in [0, 0.05) is 16.8 Å². The van der Waals surface area contributed by atoms with E-state index in [1.54, 1.807) is 23.6 Å². The predicted octanol–water partition coefficient (Wildman–Crippen LogP) is 2.98. The zero-order valence-corrected chi connectivity index (χ0v) is 11.6. The molecule has 0 fully saturated rings. The maximum Gasteiger partial charge on any atom is 0.259 e. The van der Waals surface area contributed by atoms with E-state index < -0.39 is 0 Å². The molecule has 2 aromatic heterocycles. The number of nitrogens with zero attached hydrogens (tertiary/aromatic N) is 2.